The van der Waals surface area contributed by atoms with Gasteiger partial charge in [-0.3, -0.25) is 9.48 Å². The Labute approximate surface area is 165 Å². The van der Waals surface area contributed by atoms with E-state index in [0.717, 1.165) is 44.3 Å². The number of amides is 1. The third-order valence-electron chi connectivity index (χ3n) is 4.99. The number of carbonyl (C=O) groups is 1. The van der Waals surface area contributed by atoms with Crippen LogP contribution in [0, 0.1) is 0 Å². The van der Waals surface area contributed by atoms with E-state index in [1.54, 1.807) is 0 Å². The van der Waals surface area contributed by atoms with Crippen LogP contribution in [0.3, 0.4) is 0 Å². The Kier molecular flexibility index (Phi) is 6.22. The predicted octanol–water partition coefficient (Wildman–Crippen LogP) is 3.69. The van der Waals surface area contributed by atoms with Crippen molar-refractivity contribution < 1.29 is 4.79 Å². The molecule has 26 heavy (non-hydrogen) atoms. The van der Waals surface area contributed by atoms with Gasteiger partial charge in [-0.25, -0.2) is 0 Å². The van der Waals surface area contributed by atoms with Gasteiger partial charge in [-0.1, -0.05) is 23.7 Å². The fourth-order valence-corrected chi connectivity index (χ4v) is 3.53. The number of nitrogens with zero attached hydrogens (tertiary/aromatic N) is 3. The Morgan fingerprint density at radius 1 is 1.23 bits per heavy atom. The minimum Gasteiger partial charge on any atom is -0.330 e. The molecule has 2 fully saturated rings. The molecule has 1 aliphatic carbocycles. The molecule has 1 saturated carbocycles. The number of rotatable bonds is 5. The van der Waals surface area contributed by atoms with Crippen molar-refractivity contribution in [3.63, 3.8) is 0 Å². The highest BCUT2D eigenvalue weighted by molar-refractivity contribution is 6.30. The highest BCUT2D eigenvalue weighted by Crippen LogP contribution is 2.30. The van der Waals surface area contributed by atoms with E-state index < -0.39 is 0 Å². The monoisotopic (exact) mass is 394 g/mol. The maximum Gasteiger partial charge on any atom is 0.274 e. The number of halogens is 2. The lowest BCUT2D eigenvalue weighted by Gasteiger charge is -2.23. The van der Waals surface area contributed by atoms with Gasteiger partial charge in [0.05, 0.1) is 6.04 Å². The molecule has 4 rings (SSSR count). The van der Waals surface area contributed by atoms with E-state index in [1.807, 2.05) is 46.1 Å². The summed E-state index contributed by atoms with van der Waals surface area (Å²) in [6.07, 6.45) is 6.36. The minimum atomic E-state index is 0. The van der Waals surface area contributed by atoms with Gasteiger partial charge >= 0.3 is 0 Å². The largest absolute Gasteiger partial charge is 0.330 e. The van der Waals surface area contributed by atoms with Crippen molar-refractivity contribution in [1.29, 1.82) is 0 Å². The number of carbonyl (C=O) groups excluding carboxylic acids is 1. The van der Waals surface area contributed by atoms with Gasteiger partial charge in [-0.05, 0) is 56.0 Å². The topological polar surface area (TPSA) is 50.2 Å². The summed E-state index contributed by atoms with van der Waals surface area (Å²) in [7, 11) is 0. The van der Waals surface area contributed by atoms with Crippen LogP contribution >= 0.6 is 24.0 Å². The highest BCUT2D eigenvalue weighted by Gasteiger charge is 2.34. The van der Waals surface area contributed by atoms with Crippen LogP contribution in [0.1, 0.15) is 47.8 Å². The predicted molar refractivity (Wildman–Crippen MR) is 105 cm³/mol. The fraction of sp³-hybridized carbons (Fsp3) is 0.474. The molecule has 1 amide bonds. The molecular formula is C19H24Cl2N4O. The van der Waals surface area contributed by atoms with Gasteiger partial charge in [0.1, 0.15) is 5.69 Å². The van der Waals surface area contributed by atoms with E-state index in [4.69, 9.17) is 11.6 Å². The zero-order valence-corrected chi connectivity index (χ0v) is 16.2. The molecule has 1 unspecified atom stereocenters. The maximum absolute atomic E-state index is 13.0. The van der Waals surface area contributed by atoms with Crippen molar-refractivity contribution in [1.82, 2.24) is 20.0 Å². The summed E-state index contributed by atoms with van der Waals surface area (Å²) in [6.45, 7) is 2.60. The molecule has 1 aromatic heterocycles. The molecule has 0 spiro atoms. The number of hydrogen-bond donors (Lipinski definition) is 1. The molecule has 1 atom stereocenters. The van der Waals surface area contributed by atoms with Gasteiger partial charge in [-0.15, -0.1) is 12.4 Å². The van der Waals surface area contributed by atoms with Gasteiger partial charge < -0.3 is 10.2 Å². The van der Waals surface area contributed by atoms with E-state index in [9.17, 15) is 4.79 Å². The second kappa shape index (κ2) is 8.42. The lowest BCUT2D eigenvalue weighted by molar-refractivity contribution is 0.0722. The van der Waals surface area contributed by atoms with Crippen LogP contribution in [0.2, 0.25) is 5.02 Å². The molecule has 0 bridgehead atoms. The first-order chi connectivity index (χ1) is 12.2. The van der Waals surface area contributed by atoms with Crippen LogP contribution in [0.5, 0.6) is 0 Å². The summed E-state index contributed by atoms with van der Waals surface area (Å²) >= 11 is 5.96. The Bertz CT molecular complexity index is 736. The molecule has 1 aliphatic heterocycles. The molecule has 2 aromatic rings. The first-order valence-corrected chi connectivity index (χ1v) is 9.40. The van der Waals surface area contributed by atoms with Gasteiger partial charge in [0, 0.05) is 30.4 Å². The summed E-state index contributed by atoms with van der Waals surface area (Å²) in [6, 6.07) is 10.3. The molecule has 1 N–H and O–H groups in total. The van der Waals surface area contributed by atoms with Crippen molar-refractivity contribution in [2.75, 3.05) is 13.1 Å². The highest BCUT2D eigenvalue weighted by atomic mass is 35.5. The van der Waals surface area contributed by atoms with Crippen LogP contribution in [0.4, 0.5) is 0 Å². The Hall–Kier alpha value is -1.56. The van der Waals surface area contributed by atoms with E-state index >= 15 is 0 Å². The summed E-state index contributed by atoms with van der Waals surface area (Å²) in [4.78, 5) is 15.0. The quantitative estimate of drug-likeness (QED) is 0.840. The summed E-state index contributed by atoms with van der Waals surface area (Å²) in [5.74, 6) is 0.0277. The average molecular weight is 395 g/mol. The molecule has 1 saturated heterocycles. The molecule has 5 nitrogen and oxygen atoms in total. The molecule has 7 heteroatoms. The fourth-order valence-electron chi connectivity index (χ4n) is 3.40. The Morgan fingerprint density at radius 2 is 2.00 bits per heavy atom. The molecule has 1 aromatic carbocycles. The molecule has 2 aliphatic rings. The van der Waals surface area contributed by atoms with Crippen LogP contribution in [0.25, 0.3) is 0 Å². The molecule has 2 heterocycles. The summed E-state index contributed by atoms with van der Waals surface area (Å²) < 4.78 is 1.95. The first-order valence-electron chi connectivity index (χ1n) is 9.02. The van der Waals surface area contributed by atoms with Crippen LogP contribution in [-0.4, -0.2) is 39.7 Å². The normalized spacial score (nSPS) is 19.7. The Morgan fingerprint density at radius 3 is 2.65 bits per heavy atom. The number of nitrogens with one attached hydrogen (secondary N) is 1. The zero-order valence-electron chi connectivity index (χ0n) is 14.6. The second-order valence-corrected chi connectivity index (χ2v) is 7.41. The van der Waals surface area contributed by atoms with E-state index in [2.05, 4.69) is 10.4 Å². The third kappa shape index (κ3) is 4.40. The van der Waals surface area contributed by atoms with Crippen molar-refractivity contribution in [2.45, 2.75) is 44.3 Å². The first kappa shape index (κ1) is 19.2. The van der Waals surface area contributed by atoms with Crippen LogP contribution in [0.15, 0.2) is 36.5 Å². The lowest BCUT2D eigenvalue weighted by Crippen LogP contribution is -2.34. The van der Waals surface area contributed by atoms with Gasteiger partial charge in [0.15, 0.2) is 0 Å². The molecular weight excluding hydrogens is 371 g/mol. The van der Waals surface area contributed by atoms with Crippen molar-refractivity contribution in [3.05, 3.63) is 52.8 Å². The van der Waals surface area contributed by atoms with E-state index in [1.165, 1.54) is 0 Å². The summed E-state index contributed by atoms with van der Waals surface area (Å²) in [5, 5.41) is 8.69. The molecule has 0 radical (unpaired) electrons. The van der Waals surface area contributed by atoms with Crippen LogP contribution < -0.4 is 5.32 Å². The average Bonchev–Trinajstić information content (AvgIpc) is 3.37. The van der Waals surface area contributed by atoms with E-state index in [-0.39, 0.29) is 18.3 Å². The van der Waals surface area contributed by atoms with Crippen molar-refractivity contribution in [3.8, 4) is 0 Å². The standard InChI is InChI=1S/C19H23ClN4O.ClH/c20-15-5-3-14(4-6-15)13-23(16-7-8-16)19(25)18-9-11-24(22-18)17-2-1-10-21-12-17;/h3-6,9,11,16-17,21H,1-2,7-8,10,12-13H2;1H. The number of benzene rings is 1. The van der Waals surface area contributed by atoms with E-state index in [0.29, 0.717) is 29.3 Å². The van der Waals surface area contributed by atoms with Gasteiger partial charge in [0.2, 0.25) is 0 Å². The number of hydrogen-bond acceptors (Lipinski definition) is 3. The summed E-state index contributed by atoms with van der Waals surface area (Å²) in [5.41, 5.74) is 1.65. The van der Waals surface area contributed by atoms with Crippen LogP contribution in [-0.2, 0) is 6.54 Å². The minimum absolute atomic E-state index is 0. The Balaban J connectivity index is 0.00000196. The van der Waals surface area contributed by atoms with Gasteiger partial charge in [-0.2, -0.15) is 5.10 Å². The number of aromatic nitrogens is 2. The smallest absolute Gasteiger partial charge is 0.274 e. The second-order valence-electron chi connectivity index (χ2n) is 6.97. The zero-order chi connectivity index (χ0) is 17.2. The maximum atomic E-state index is 13.0. The SMILES string of the molecule is Cl.O=C(c1ccn(C2CCCNC2)n1)N(Cc1ccc(Cl)cc1)C1CC1. The number of piperidine rings is 1. The van der Waals surface area contributed by atoms with Crippen molar-refractivity contribution in [2.24, 2.45) is 0 Å². The lowest BCUT2D eigenvalue weighted by atomic mass is 10.1. The van der Waals surface area contributed by atoms with Crippen molar-refractivity contribution >= 4 is 29.9 Å². The third-order valence-corrected chi connectivity index (χ3v) is 5.24. The van der Waals surface area contributed by atoms with Gasteiger partial charge in [0.25, 0.3) is 5.91 Å². The molecule has 140 valence electrons.